The molecule has 0 unspecified atom stereocenters. The molecular formula is C16H24N2O. The highest BCUT2D eigenvalue weighted by molar-refractivity contribution is 5.38. The molecule has 2 N–H and O–H groups in total. The lowest BCUT2D eigenvalue weighted by Gasteiger charge is -2.35. The average Bonchev–Trinajstić information content (AvgIpc) is 2.37. The molecule has 1 aromatic rings. The van der Waals surface area contributed by atoms with E-state index in [0.717, 1.165) is 37.7 Å². The summed E-state index contributed by atoms with van der Waals surface area (Å²) in [6.45, 7) is 3.06. The van der Waals surface area contributed by atoms with Crippen LogP contribution in [0, 0.1) is 5.92 Å². The van der Waals surface area contributed by atoms with Crippen molar-refractivity contribution in [2.75, 3.05) is 20.2 Å². The van der Waals surface area contributed by atoms with Gasteiger partial charge in [-0.3, -0.25) is 0 Å². The van der Waals surface area contributed by atoms with Crippen LogP contribution in [0.5, 0.6) is 5.75 Å². The highest BCUT2D eigenvalue weighted by Gasteiger charge is 2.26. The summed E-state index contributed by atoms with van der Waals surface area (Å²) >= 11 is 0. The van der Waals surface area contributed by atoms with E-state index in [2.05, 4.69) is 30.1 Å². The van der Waals surface area contributed by atoms with Gasteiger partial charge in [-0.05, 0) is 55.8 Å². The quantitative estimate of drug-likeness (QED) is 0.902. The van der Waals surface area contributed by atoms with Crippen molar-refractivity contribution < 1.29 is 4.74 Å². The summed E-state index contributed by atoms with van der Waals surface area (Å²) in [6, 6.07) is 7.11. The maximum Gasteiger partial charge on any atom is 0.122 e. The van der Waals surface area contributed by atoms with Crippen LogP contribution in [0.25, 0.3) is 0 Å². The van der Waals surface area contributed by atoms with Gasteiger partial charge < -0.3 is 15.4 Å². The third-order valence-corrected chi connectivity index (χ3v) is 4.27. The Bertz CT molecular complexity index is 440. The minimum Gasteiger partial charge on any atom is -0.493 e. The number of rotatable bonds is 4. The molecule has 1 aromatic carbocycles. The number of ether oxygens (including phenoxy) is 1. The van der Waals surface area contributed by atoms with E-state index in [1.165, 1.54) is 30.5 Å². The smallest absolute Gasteiger partial charge is 0.122 e. The van der Waals surface area contributed by atoms with Gasteiger partial charge in [0, 0.05) is 19.1 Å². The topological polar surface area (TPSA) is 38.5 Å². The molecule has 0 radical (unpaired) electrons. The van der Waals surface area contributed by atoms with Gasteiger partial charge in [-0.15, -0.1) is 0 Å². The number of nitrogens with zero attached hydrogens (tertiary/aromatic N) is 1. The van der Waals surface area contributed by atoms with Gasteiger partial charge in [0.25, 0.3) is 0 Å². The number of hydrogen-bond acceptors (Lipinski definition) is 3. The highest BCUT2D eigenvalue weighted by Crippen LogP contribution is 2.28. The predicted octanol–water partition coefficient (Wildman–Crippen LogP) is 2.18. The molecule has 1 aliphatic carbocycles. The number of fused-ring (bicyclic) bond motifs is 1. The maximum atomic E-state index is 5.84. The number of benzene rings is 1. The Labute approximate surface area is 115 Å². The van der Waals surface area contributed by atoms with Gasteiger partial charge in [0.1, 0.15) is 5.75 Å². The first-order valence-corrected chi connectivity index (χ1v) is 7.39. The molecule has 104 valence electrons. The molecule has 0 bridgehead atoms. The lowest BCUT2D eigenvalue weighted by atomic mass is 9.80. The van der Waals surface area contributed by atoms with E-state index in [1.807, 2.05) is 0 Å². The van der Waals surface area contributed by atoms with Gasteiger partial charge in [0.05, 0.1) is 6.61 Å². The molecule has 0 saturated heterocycles. The van der Waals surface area contributed by atoms with Crippen molar-refractivity contribution in [2.24, 2.45) is 11.7 Å². The van der Waals surface area contributed by atoms with Crippen LogP contribution in [0.1, 0.15) is 30.4 Å². The van der Waals surface area contributed by atoms with E-state index >= 15 is 0 Å². The lowest BCUT2D eigenvalue weighted by molar-refractivity contribution is 0.178. The van der Waals surface area contributed by atoms with Crippen LogP contribution in [0.2, 0.25) is 0 Å². The summed E-state index contributed by atoms with van der Waals surface area (Å²) in [4.78, 5) is 2.42. The van der Waals surface area contributed by atoms with Gasteiger partial charge >= 0.3 is 0 Å². The fourth-order valence-electron chi connectivity index (χ4n) is 3.27. The van der Waals surface area contributed by atoms with Crippen molar-refractivity contribution >= 4 is 0 Å². The molecular weight excluding hydrogens is 236 g/mol. The van der Waals surface area contributed by atoms with Gasteiger partial charge in [-0.25, -0.2) is 0 Å². The first-order valence-electron chi connectivity index (χ1n) is 7.39. The minimum atomic E-state index is 0.458. The van der Waals surface area contributed by atoms with Crippen LogP contribution in [-0.4, -0.2) is 31.1 Å². The van der Waals surface area contributed by atoms with Crippen molar-refractivity contribution in [1.29, 1.82) is 0 Å². The van der Waals surface area contributed by atoms with E-state index in [9.17, 15) is 0 Å². The summed E-state index contributed by atoms with van der Waals surface area (Å²) < 4.78 is 5.66. The zero-order valence-electron chi connectivity index (χ0n) is 11.8. The fourth-order valence-corrected chi connectivity index (χ4v) is 3.27. The molecule has 2 aliphatic rings. The first-order chi connectivity index (χ1) is 9.20. The number of nitrogens with two attached hydrogens (primary N) is 1. The molecule has 1 aliphatic heterocycles. The van der Waals surface area contributed by atoms with Crippen LogP contribution < -0.4 is 10.5 Å². The van der Waals surface area contributed by atoms with Crippen LogP contribution in [0.15, 0.2) is 18.2 Å². The second-order valence-electron chi connectivity index (χ2n) is 6.19. The Balaban J connectivity index is 1.57. The van der Waals surface area contributed by atoms with Gasteiger partial charge in [0.15, 0.2) is 0 Å². The van der Waals surface area contributed by atoms with Crippen LogP contribution in [-0.2, 0) is 13.0 Å². The third-order valence-electron chi connectivity index (χ3n) is 4.27. The van der Waals surface area contributed by atoms with E-state index in [-0.39, 0.29) is 0 Å². The zero-order chi connectivity index (χ0) is 13.2. The van der Waals surface area contributed by atoms with Crippen LogP contribution in [0.3, 0.4) is 0 Å². The van der Waals surface area contributed by atoms with E-state index < -0.39 is 0 Å². The summed E-state index contributed by atoms with van der Waals surface area (Å²) in [6.07, 6.45) is 4.70. The second-order valence-corrected chi connectivity index (χ2v) is 6.19. The van der Waals surface area contributed by atoms with E-state index in [4.69, 9.17) is 10.5 Å². The average molecular weight is 260 g/mol. The van der Waals surface area contributed by atoms with Crippen molar-refractivity contribution in [1.82, 2.24) is 4.90 Å². The molecule has 1 saturated carbocycles. The first kappa shape index (κ1) is 12.9. The Morgan fingerprint density at radius 3 is 3.00 bits per heavy atom. The summed E-state index contributed by atoms with van der Waals surface area (Å²) in [5, 5.41) is 0. The predicted molar refractivity (Wildman–Crippen MR) is 77.3 cm³/mol. The van der Waals surface area contributed by atoms with Crippen molar-refractivity contribution in [3.05, 3.63) is 29.3 Å². The van der Waals surface area contributed by atoms with Crippen LogP contribution in [0.4, 0.5) is 0 Å². The summed E-state index contributed by atoms with van der Waals surface area (Å²) in [5.74, 6) is 1.89. The molecule has 0 spiro atoms. The Morgan fingerprint density at radius 2 is 2.21 bits per heavy atom. The molecule has 3 rings (SSSR count). The molecule has 1 fully saturated rings. The highest BCUT2D eigenvalue weighted by atomic mass is 16.5. The number of hydrogen-bond donors (Lipinski definition) is 1. The molecule has 3 nitrogen and oxygen atoms in total. The van der Waals surface area contributed by atoms with Crippen molar-refractivity contribution in [2.45, 2.75) is 38.3 Å². The van der Waals surface area contributed by atoms with Crippen molar-refractivity contribution in [3.8, 4) is 5.75 Å². The minimum absolute atomic E-state index is 0.458. The lowest BCUT2D eigenvalue weighted by Crippen LogP contribution is -2.41. The van der Waals surface area contributed by atoms with Crippen LogP contribution >= 0.6 is 0 Å². The third kappa shape index (κ3) is 3.10. The maximum absolute atomic E-state index is 5.84. The zero-order valence-corrected chi connectivity index (χ0v) is 11.8. The van der Waals surface area contributed by atoms with Gasteiger partial charge in [-0.1, -0.05) is 12.1 Å². The van der Waals surface area contributed by atoms with E-state index in [1.54, 1.807) is 0 Å². The normalized spacial score (nSPS) is 25.6. The fraction of sp³-hybridized carbons (Fsp3) is 0.625. The SMILES string of the molecule is CN(Cc1ccc2c(c1)CCCO2)CC1CC(N)C1. The molecule has 0 amide bonds. The summed E-state index contributed by atoms with van der Waals surface area (Å²) in [7, 11) is 2.21. The van der Waals surface area contributed by atoms with Crippen molar-refractivity contribution in [3.63, 3.8) is 0 Å². The van der Waals surface area contributed by atoms with Gasteiger partial charge in [0.2, 0.25) is 0 Å². The molecule has 19 heavy (non-hydrogen) atoms. The monoisotopic (exact) mass is 260 g/mol. The Kier molecular flexibility index (Phi) is 3.76. The summed E-state index contributed by atoms with van der Waals surface area (Å²) in [5.41, 5.74) is 8.62. The molecule has 1 heterocycles. The standard InChI is InChI=1S/C16H24N2O/c1-18(11-13-8-15(17)9-13)10-12-4-5-16-14(7-12)3-2-6-19-16/h4-5,7,13,15H,2-3,6,8-11,17H2,1H3. The molecule has 0 aromatic heterocycles. The number of aryl methyl sites for hydroxylation is 1. The Morgan fingerprint density at radius 1 is 1.37 bits per heavy atom. The van der Waals surface area contributed by atoms with Gasteiger partial charge in [-0.2, -0.15) is 0 Å². The van der Waals surface area contributed by atoms with E-state index in [0.29, 0.717) is 6.04 Å². The molecule has 0 atom stereocenters. The Hall–Kier alpha value is -1.06. The molecule has 3 heteroatoms. The largest absolute Gasteiger partial charge is 0.493 e. The second kappa shape index (κ2) is 5.51.